The fourth-order valence-corrected chi connectivity index (χ4v) is 4.45. The maximum Gasteiger partial charge on any atom is 0.155 e. The Balaban J connectivity index is 2.74. The first-order valence-corrected chi connectivity index (χ1v) is 7.43. The Morgan fingerprint density at radius 1 is 1.33 bits per heavy atom. The quantitative estimate of drug-likeness (QED) is 0.805. The smallest absolute Gasteiger partial charge is 0.155 e. The van der Waals surface area contributed by atoms with Crippen LogP contribution >= 0.6 is 0 Å². The SMILES string of the molecule is CC1CC(CN)CCC1S(=O)(=O)C(C)C. The molecule has 0 bridgehead atoms. The van der Waals surface area contributed by atoms with Crippen LogP contribution < -0.4 is 5.73 Å². The van der Waals surface area contributed by atoms with Crippen molar-refractivity contribution in [2.75, 3.05) is 6.54 Å². The van der Waals surface area contributed by atoms with Crippen molar-refractivity contribution in [3.8, 4) is 0 Å². The first kappa shape index (κ1) is 13.0. The molecule has 0 aromatic heterocycles. The van der Waals surface area contributed by atoms with Crippen molar-refractivity contribution in [2.24, 2.45) is 17.6 Å². The fraction of sp³-hybridized carbons (Fsp3) is 1.00. The lowest BCUT2D eigenvalue weighted by molar-refractivity contribution is 0.289. The van der Waals surface area contributed by atoms with Crippen molar-refractivity contribution < 1.29 is 8.42 Å². The highest BCUT2D eigenvalue weighted by Gasteiger charge is 2.37. The molecular weight excluding hydrogens is 210 g/mol. The van der Waals surface area contributed by atoms with Crippen molar-refractivity contribution in [3.63, 3.8) is 0 Å². The fourth-order valence-electron chi connectivity index (χ4n) is 2.53. The second-order valence-corrected chi connectivity index (χ2v) is 7.79. The first-order valence-electron chi connectivity index (χ1n) is 5.82. The van der Waals surface area contributed by atoms with Gasteiger partial charge in [0.2, 0.25) is 0 Å². The Hall–Kier alpha value is -0.0900. The molecule has 0 aromatic rings. The van der Waals surface area contributed by atoms with Crippen LogP contribution in [0.4, 0.5) is 0 Å². The molecule has 0 radical (unpaired) electrons. The zero-order chi connectivity index (χ0) is 11.6. The van der Waals surface area contributed by atoms with Gasteiger partial charge in [-0.25, -0.2) is 8.42 Å². The molecule has 0 heterocycles. The average Bonchev–Trinajstić information content (AvgIpc) is 2.16. The minimum Gasteiger partial charge on any atom is -0.330 e. The molecule has 1 rings (SSSR count). The summed E-state index contributed by atoms with van der Waals surface area (Å²) in [5.74, 6) is 0.790. The van der Waals surface area contributed by atoms with Crippen LogP contribution in [0.5, 0.6) is 0 Å². The van der Waals surface area contributed by atoms with Crippen molar-refractivity contribution in [3.05, 3.63) is 0 Å². The second kappa shape index (κ2) is 4.83. The van der Waals surface area contributed by atoms with E-state index in [1.807, 2.05) is 6.92 Å². The lowest BCUT2D eigenvalue weighted by atomic mass is 9.82. The van der Waals surface area contributed by atoms with E-state index < -0.39 is 9.84 Å². The molecule has 0 spiro atoms. The zero-order valence-corrected chi connectivity index (χ0v) is 10.8. The molecule has 1 fully saturated rings. The summed E-state index contributed by atoms with van der Waals surface area (Å²) in [5, 5.41) is -0.389. The highest BCUT2D eigenvalue weighted by atomic mass is 32.2. The minimum atomic E-state index is -2.92. The lowest BCUT2D eigenvalue weighted by Crippen LogP contribution is -2.39. The minimum absolute atomic E-state index is 0.139. The number of nitrogens with two attached hydrogens (primary N) is 1. The van der Waals surface area contributed by atoms with Gasteiger partial charge in [-0.05, 0) is 51.5 Å². The molecule has 0 amide bonds. The van der Waals surface area contributed by atoms with Crippen LogP contribution in [0.2, 0.25) is 0 Å². The van der Waals surface area contributed by atoms with E-state index in [1.54, 1.807) is 13.8 Å². The summed E-state index contributed by atoms with van der Waals surface area (Å²) in [4.78, 5) is 0. The predicted octanol–water partition coefficient (Wildman–Crippen LogP) is 1.57. The lowest BCUT2D eigenvalue weighted by Gasteiger charge is -2.34. The van der Waals surface area contributed by atoms with Crippen LogP contribution in [0.3, 0.4) is 0 Å². The van der Waals surface area contributed by atoms with E-state index in [1.165, 1.54) is 0 Å². The van der Waals surface area contributed by atoms with Gasteiger partial charge in [0.1, 0.15) is 0 Å². The average molecular weight is 233 g/mol. The van der Waals surface area contributed by atoms with Crippen molar-refractivity contribution in [1.29, 1.82) is 0 Å². The van der Waals surface area contributed by atoms with Gasteiger partial charge >= 0.3 is 0 Å². The van der Waals surface area contributed by atoms with Gasteiger partial charge in [0.15, 0.2) is 9.84 Å². The predicted molar refractivity (Wildman–Crippen MR) is 63.4 cm³/mol. The number of sulfone groups is 1. The van der Waals surface area contributed by atoms with Crippen LogP contribution in [0.1, 0.15) is 40.0 Å². The standard InChI is InChI=1S/C11H23NO2S/c1-8(2)15(13,14)11-5-4-10(7-12)6-9(11)3/h8-11H,4-7,12H2,1-3H3. The summed E-state index contributed by atoms with van der Waals surface area (Å²) in [6, 6.07) is 0. The molecule has 15 heavy (non-hydrogen) atoms. The summed E-state index contributed by atoms with van der Waals surface area (Å²) >= 11 is 0. The maximum atomic E-state index is 12.1. The summed E-state index contributed by atoms with van der Waals surface area (Å²) in [6.07, 6.45) is 2.73. The molecule has 1 aliphatic carbocycles. The van der Waals surface area contributed by atoms with Crippen molar-refractivity contribution in [2.45, 2.75) is 50.5 Å². The monoisotopic (exact) mass is 233 g/mol. The Kier molecular flexibility index (Phi) is 4.18. The summed E-state index contributed by atoms with van der Waals surface area (Å²) in [6.45, 7) is 6.29. The number of hydrogen-bond donors (Lipinski definition) is 1. The number of hydrogen-bond acceptors (Lipinski definition) is 3. The third kappa shape index (κ3) is 2.72. The van der Waals surface area contributed by atoms with Gasteiger partial charge < -0.3 is 5.73 Å². The summed E-state index contributed by atoms with van der Waals surface area (Å²) in [5.41, 5.74) is 5.63. The molecule has 3 atom stereocenters. The third-order valence-corrected chi connectivity index (χ3v) is 6.47. The molecule has 2 N–H and O–H groups in total. The van der Waals surface area contributed by atoms with Gasteiger partial charge in [0.25, 0.3) is 0 Å². The number of rotatable bonds is 3. The molecule has 0 aliphatic heterocycles. The van der Waals surface area contributed by atoms with Crippen LogP contribution in [0, 0.1) is 11.8 Å². The van der Waals surface area contributed by atoms with Gasteiger partial charge in [0, 0.05) is 0 Å². The highest BCUT2D eigenvalue weighted by Crippen LogP contribution is 2.34. The van der Waals surface area contributed by atoms with Crippen molar-refractivity contribution >= 4 is 9.84 Å². The molecule has 3 unspecified atom stereocenters. The third-order valence-electron chi connectivity index (χ3n) is 3.61. The van der Waals surface area contributed by atoms with Crippen LogP contribution in [0.15, 0.2) is 0 Å². The molecule has 0 saturated heterocycles. The van der Waals surface area contributed by atoms with Gasteiger partial charge in [0.05, 0.1) is 10.5 Å². The molecule has 1 aliphatic rings. The Bertz CT molecular complexity index is 298. The van der Waals surface area contributed by atoms with Crippen molar-refractivity contribution in [1.82, 2.24) is 0 Å². The van der Waals surface area contributed by atoms with Crippen LogP contribution in [0.25, 0.3) is 0 Å². The van der Waals surface area contributed by atoms with E-state index in [9.17, 15) is 8.42 Å². The van der Waals surface area contributed by atoms with Gasteiger partial charge in [-0.1, -0.05) is 6.92 Å². The van der Waals surface area contributed by atoms with E-state index in [2.05, 4.69) is 0 Å². The zero-order valence-electron chi connectivity index (χ0n) is 9.94. The van der Waals surface area contributed by atoms with E-state index >= 15 is 0 Å². The first-order chi connectivity index (χ1) is 6.89. The summed E-state index contributed by atoms with van der Waals surface area (Å²) < 4.78 is 24.1. The molecule has 90 valence electrons. The topological polar surface area (TPSA) is 60.2 Å². The Labute approximate surface area is 93.3 Å². The molecular formula is C11H23NO2S. The molecule has 4 heteroatoms. The normalized spacial score (nSPS) is 33.3. The van der Waals surface area contributed by atoms with E-state index in [0.29, 0.717) is 12.5 Å². The molecule has 0 aromatic carbocycles. The van der Waals surface area contributed by atoms with Gasteiger partial charge in [-0.3, -0.25) is 0 Å². The Morgan fingerprint density at radius 3 is 2.33 bits per heavy atom. The van der Waals surface area contributed by atoms with E-state index in [-0.39, 0.29) is 16.4 Å². The van der Waals surface area contributed by atoms with E-state index in [4.69, 9.17) is 5.73 Å². The maximum absolute atomic E-state index is 12.1. The van der Waals surface area contributed by atoms with Gasteiger partial charge in [-0.2, -0.15) is 0 Å². The highest BCUT2D eigenvalue weighted by molar-refractivity contribution is 7.92. The van der Waals surface area contributed by atoms with Crippen LogP contribution in [-0.4, -0.2) is 25.5 Å². The van der Waals surface area contributed by atoms with Crippen LogP contribution in [-0.2, 0) is 9.84 Å². The van der Waals surface area contributed by atoms with E-state index in [0.717, 1.165) is 19.3 Å². The summed E-state index contributed by atoms with van der Waals surface area (Å²) in [7, 11) is -2.92. The molecule has 3 nitrogen and oxygen atoms in total. The largest absolute Gasteiger partial charge is 0.330 e. The Morgan fingerprint density at radius 2 is 1.93 bits per heavy atom. The second-order valence-electron chi connectivity index (χ2n) is 5.07. The van der Waals surface area contributed by atoms with Gasteiger partial charge in [-0.15, -0.1) is 0 Å². The molecule has 1 saturated carbocycles.